The molecular weight excluding hydrogens is 334 g/mol. The van der Waals surface area contributed by atoms with Gasteiger partial charge in [0, 0.05) is 7.05 Å². The Labute approximate surface area is 157 Å². The van der Waals surface area contributed by atoms with E-state index in [1.54, 1.807) is 0 Å². The summed E-state index contributed by atoms with van der Waals surface area (Å²) in [7, 11) is 1.92. The molecule has 130 valence electrons. The fraction of sp³-hybridized carbons (Fsp3) is 0.0435. The van der Waals surface area contributed by atoms with Gasteiger partial charge in [-0.15, -0.1) is 0 Å². The van der Waals surface area contributed by atoms with E-state index in [2.05, 4.69) is 11.1 Å². The molecule has 0 unspecified atom stereocenters. The third kappa shape index (κ3) is 3.44. The maximum atomic E-state index is 9.64. The van der Waals surface area contributed by atoms with Crippen LogP contribution in [0.2, 0.25) is 0 Å². The number of benzene rings is 3. The van der Waals surface area contributed by atoms with Crippen LogP contribution in [0.15, 0.2) is 78.9 Å². The van der Waals surface area contributed by atoms with E-state index in [1.807, 2.05) is 96.6 Å². The van der Waals surface area contributed by atoms with E-state index in [4.69, 9.17) is 4.74 Å². The summed E-state index contributed by atoms with van der Waals surface area (Å²) in [5.74, 6) is 2.20. The van der Waals surface area contributed by atoms with Crippen molar-refractivity contribution in [3.05, 3.63) is 90.3 Å². The molecule has 0 aliphatic carbocycles. The third-order valence-electron chi connectivity index (χ3n) is 4.32. The van der Waals surface area contributed by atoms with Gasteiger partial charge in [0.15, 0.2) is 5.82 Å². The molecule has 0 saturated carbocycles. The first-order valence-corrected chi connectivity index (χ1v) is 8.61. The van der Waals surface area contributed by atoms with Gasteiger partial charge in [-0.05, 0) is 48.0 Å². The van der Waals surface area contributed by atoms with Gasteiger partial charge in [0.1, 0.15) is 17.6 Å². The summed E-state index contributed by atoms with van der Waals surface area (Å²) in [6.07, 6.45) is 1.84. The Balaban J connectivity index is 1.63. The molecule has 3 aromatic carbocycles. The Morgan fingerprint density at radius 1 is 0.926 bits per heavy atom. The molecule has 0 saturated heterocycles. The Hall–Kier alpha value is -3.84. The van der Waals surface area contributed by atoms with E-state index >= 15 is 0 Å². The number of nitrogens with zero attached hydrogens (tertiary/aromatic N) is 3. The topological polar surface area (TPSA) is 50.8 Å². The number of para-hydroxylation sites is 3. The summed E-state index contributed by atoms with van der Waals surface area (Å²) in [6, 6.07) is 27.4. The molecule has 0 amide bonds. The van der Waals surface area contributed by atoms with E-state index in [9.17, 15) is 5.26 Å². The molecular formula is C23H17N3O. The summed E-state index contributed by atoms with van der Waals surface area (Å²) in [5.41, 5.74) is 3.31. The molecule has 0 aliphatic heterocycles. The van der Waals surface area contributed by atoms with Crippen LogP contribution in [0, 0.1) is 11.3 Å². The second kappa shape index (κ2) is 7.19. The normalized spacial score (nSPS) is 11.3. The van der Waals surface area contributed by atoms with Gasteiger partial charge in [-0.2, -0.15) is 5.26 Å². The van der Waals surface area contributed by atoms with Crippen LogP contribution in [0.1, 0.15) is 11.4 Å². The predicted octanol–water partition coefficient (Wildman–Crippen LogP) is 5.43. The number of allylic oxidation sites excluding steroid dienone is 1. The van der Waals surface area contributed by atoms with Crippen molar-refractivity contribution < 1.29 is 4.74 Å². The second-order valence-corrected chi connectivity index (χ2v) is 6.14. The standard InChI is InChI=1S/C23H17N3O/c1-26-22-10-6-5-9-21(22)25-23(26)18(16-24)15-17-11-13-20(14-12-17)27-19-7-3-2-4-8-19/h2-15H,1H3/b18-15-. The number of hydrogen-bond acceptors (Lipinski definition) is 3. The Morgan fingerprint density at radius 2 is 1.59 bits per heavy atom. The van der Waals surface area contributed by atoms with E-state index in [0.29, 0.717) is 11.4 Å². The highest BCUT2D eigenvalue weighted by Gasteiger charge is 2.11. The van der Waals surface area contributed by atoms with Crippen LogP contribution in [-0.2, 0) is 7.05 Å². The third-order valence-corrected chi connectivity index (χ3v) is 4.32. The quantitative estimate of drug-likeness (QED) is 0.461. The Kier molecular flexibility index (Phi) is 4.42. The lowest BCUT2D eigenvalue weighted by Gasteiger charge is -2.06. The zero-order valence-electron chi connectivity index (χ0n) is 14.8. The van der Waals surface area contributed by atoms with E-state index in [0.717, 1.165) is 28.1 Å². The lowest BCUT2D eigenvalue weighted by Crippen LogP contribution is -1.96. The van der Waals surface area contributed by atoms with Gasteiger partial charge in [-0.25, -0.2) is 4.98 Å². The summed E-state index contributed by atoms with van der Waals surface area (Å²) < 4.78 is 7.75. The maximum Gasteiger partial charge on any atom is 0.151 e. The largest absolute Gasteiger partial charge is 0.457 e. The van der Waals surface area contributed by atoms with Gasteiger partial charge in [-0.1, -0.05) is 42.5 Å². The van der Waals surface area contributed by atoms with Gasteiger partial charge < -0.3 is 9.30 Å². The highest BCUT2D eigenvalue weighted by atomic mass is 16.5. The number of aromatic nitrogens is 2. The molecule has 0 spiro atoms. The molecule has 0 aliphatic rings. The number of rotatable bonds is 4. The SMILES string of the molecule is Cn1c(/C(C#N)=C\c2ccc(Oc3ccccc3)cc2)nc2ccccc21. The van der Waals surface area contributed by atoms with Crippen LogP contribution in [0.25, 0.3) is 22.7 Å². The first kappa shape index (κ1) is 16.6. The molecule has 1 aromatic heterocycles. The van der Waals surface area contributed by atoms with Gasteiger partial charge in [0.25, 0.3) is 0 Å². The van der Waals surface area contributed by atoms with Crippen molar-refractivity contribution in [3.63, 3.8) is 0 Å². The van der Waals surface area contributed by atoms with E-state index in [1.165, 1.54) is 0 Å². The Bertz CT molecular complexity index is 1150. The van der Waals surface area contributed by atoms with Crippen molar-refractivity contribution in [2.75, 3.05) is 0 Å². The van der Waals surface area contributed by atoms with Gasteiger partial charge >= 0.3 is 0 Å². The van der Waals surface area contributed by atoms with Crippen molar-refractivity contribution >= 4 is 22.7 Å². The van der Waals surface area contributed by atoms with Crippen molar-refractivity contribution in [2.24, 2.45) is 7.05 Å². The second-order valence-electron chi connectivity index (χ2n) is 6.14. The van der Waals surface area contributed by atoms with Gasteiger partial charge in [0.05, 0.1) is 16.6 Å². The highest BCUT2D eigenvalue weighted by Crippen LogP contribution is 2.24. The minimum Gasteiger partial charge on any atom is -0.457 e. The van der Waals surface area contributed by atoms with Gasteiger partial charge in [-0.3, -0.25) is 0 Å². The van der Waals surface area contributed by atoms with Gasteiger partial charge in [0.2, 0.25) is 0 Å². The monoisotopic (exact) mass is 351 g/mol. The molecule has 4 rings (SSSR count). The van der Waals surface area contributed by atoms with Crippen molar-refractivity contribution in [3.8, 4) is 17.6 Å². The lowest BCUT2D eigenvalue weighted by atomic mass is 10.1. The minimum atomic E-state index is 0.519. The number of aryl methyl sites for hydroxylation is 1. The first-order valence-electron chi connectivity index (χ1n) is 8.61. The smallest absolute Gasteiger partial charge is 0.151 e. The molecule has 4 heteroatoms. The molecule has 0 fully saturated rings. The fourth-order valence-corrected chi connectivity index (χ4v) is 2.96. The molecule has 0 bridgehead atoms. The molecule has 1 heterocycles. The molecule has 0 atom stereocenters. The van der Waals surface area contributed by atoms with Crippen molar-refractivity contribution in [1.29, 1.82) is 5.26 Å². The molecule has 0 radical (unpaired) electrons. The van der Waals surface area contributed by atoms with Crippen LogP contribution < -0.4 is 4.74 Å². The Morgan fingerprint density at radius 3 is 2.30 bits per heavy atom. The number of imidazole rings is 1. The van der Waals surface area contributed by atoms with Crippen LogP contribution in [-0.4, -0.2) is 9.55 Å². The number of nitriles is 1. The van der Waals surface area contributed by atoms with E-state index in [-0.39, 0.29) is 0 Å². The summed E-state index contributed by atoms with van der Waals surface area (Å²) >= 11 is 0. The lowest BCUT2D eigenvalue weighted by molar-refractivity contribution is 0.482. The van der Waals surface area contributed by atoms with Crippen molar-refractivity contribution in [1.82, 2.24) is 9.55 Å². The minimum absolute atomic E-state index is 0.519. The first-order chi connectivity index (χ1) is 13.2. The van der Waals surface area contributed by atoms with Crippen LogP contribution >= 0.6 is 0 Å². The van der Waals surface area contributed by atoms with Crippen molar-refractivity contribution in [2.45, 2.75) is 0 Å². The fourth-order valence-electron chi connectivity index (χ4n) is 2.96. The highest BCUT2D eigenvalue weighted by molar-refractivity contribution is 5.90. The van der Waals surface area contributed by atoms with Crippen LogP contribution in [0.3, 0.4) is 0 Å². The number of hydrogen-bond donors (Lipinski definition) is 0. The van der Waals surface area contributed by atoms with Crippen LogP contribution in [0.5, 0.6) is 11.5 Å². The number of fused-ring (bicyclic) bond motifs is 1. The van der Waals surface area contributed by atoms with Crippen LogP contribution in [0.4, 0.5) is 0 Å². The summed E-state index contributed by atoms with van der Waals surface area (Å²) in [6.45, 7) is 0. The molecule has 4 nitrogen and oxygen atoms in total. The maximum absolute atomic E-state index is 9.64. The number of ether oxygens (including phenoxy) is 1. The predicted molar refractivity (Wildman–Crippen MR) is 107 cm³/mol. The molecule has 0 N–H and O–H groups in total. The summed E-state index contributed by atoms with van der Waals surface area (Å²) in [4.78, 5) is 4.60. The zero-order valence-corrected chi connectivity index (χ0v) is 14.8. The summed E-state index contributed by atoms with van der Waals surface area (Å²) in [5, 5.41) is 9.64. The average Bonchev–Trinajstić information content (AvgIpc) is 3.05. The molecule has 27 heavy (non-hydrogen) atoms. The van der Waals surface area contributed by atoms with E-state index < -0.39 is 0 Å². The zero-order chi connectivity index (χ0) is 18.6. The molecule has 4 aromatic rings. The average molecular weight is 351 g/mol.